The average molecular weight is 564 g/mol. The molecule has 1 fully saturated rings. The molecule has 0 radical (unpaired) electrons. The molecule has 3 N–H and O–H groups in total. The topological polar surface area (TPSA) is 114 Å². The minimum atomic E-state index is -4.72. The van der Waals surface area contributed by atoms with E-state index in [9.17, 15) is 22.5 Å². The van der Waals surface area contributed by atoms with E-state index in [1.807, 2.05) is 0 Å². The summed E-state index contributed by atoms with van der Waals surface area (Å²) in [5, 5.41) is 5.94. The highest BCUT2D eigenvalue weighted by Gasteiger charge is 2.35. The van der Waals surface area contributed by atoms with Crippen molar-refractivity contribution in [3.8, 4) is 0 Å². The first-order chi connectivity index (χ1) is 18.5. The smallest absolute Gasteiger partial charge is 0.381 e. The quantitative estimate of drug-likeness (QED) is 0.237. The number of aromatic nitrogens is 2. The number of amides is 1. The molecule has 0 spiro atoms. The zero-order valence-electron chi connectivity index (χ0n) is 21.4. The molecule has 9 nitrogen and oxygen atoms in total. The van der Waals surface area contributed by atoms with Gasteiger partial charge in [-0.05, 0) is 68.5 Å². The molecule has 0 bridgehead atoms. The van der Waals surface area contributed by atoms with Crippen LogP contribution in [0.2, 0.25) is 0 Å². The summed E-state index contributed by atoms with van der Waals surface area (Å²) in [6.45, 7) is 4.84. The van der Waals surface area contributed by atoms with Crippen LogP contribution in [0.5, 0.6) is 0 Å². The average Bonchev–Trinajstić information content (AvgIpc) is 2.89. The fraction of sp³-hybridized carbons (Fsp3) is 0.346. The lowest BCUT2D eigenvalue weighted by molar-refractivity contribution is -0.137. The van der Waals surface area contributed by atoms with E-state index in [2.05, 4.69) is 26.1 Å². The van der Waals surface area contributed by atoms with Crippen LogP contribution in [-0.2, 0) is 20.3 Å². The summed E-state index contributed by atoms with van der Waals surface area (Å²) in [6.07, 6.45) is -2.29. The molecular weight excluding hydrogens is 534 g/mol. The van der Waals surface area contributed by atoms with Gasteiger partial charge in [-0.25, -0.2) is 10.5 Å². The molecule has 1 aliphatic rings. The Balaban J connectivity index is 1.46. The van der Waals surface area contributed by atoms with Crippen LogP contribution in [0.3, 0.4) is 0 Å². The molecule has 39 heavy (non-hydrogen) atoms. The summed E-state index contributed by atoms with van der Waals surface area (Å²) in [5.74, 6) is -0.681. The van der Waals surface area contributed by atoms with Crippen molar-refractivity contribution in [1.82, 2.24) is 15.4 Å². The Morgan fingerprint density at radius 2 is 1.77 bits per heavy atom. The number of carbonyl (C=O) groups excluding carboxylic acids is 1. The van der Waals surface area contributed by atoms with Crippen molar-refractivity contribution >= 4 is 41.5 Å². The second kappa shape index (κ2) is 12.1. The second-order valence-corrected chi connectivity index (χ2v) is 12.6. The first-order valence-corrected chi connectivity index (χ1v) is 14.8. The Morgan fingerprint density at radius 3 is 2.44 bits per heavy atom. The van der Waals surface area contributed by atoms with E-state index in [1.54, 1.807) is 36.4 Å². The van der Waals surface area contributed by atoms with Gasteiger partial charge in [0.15, 0.2) is 0 Å². The first-order valence-electron chi connectivity index (χ1n) is 12.2. The van der Waals surface area contributed by atoms with Gasteiger partial charge < -0.3 is 19.9 Å². The van der Waals surface area contributed by atoms with Crippen LogP contribution < -0.4 is 21.4 Å². The van der Waals surface area contributed by atoms with Crippen molar-refractivity contribution in [3.63, 3.8) is 0 Å². The van der Waals surface area contributed by atoms with Gasteiger partial charge in [0.05, 0.1) is 12.3 Å². The Bertz CT molecular complexity index is 1340. The summed E-state index contributed by atoms with van der Waals surface area (Å²) in [5.41, 5.74) is 2.40. The molecule has 4 rings (SSSR count). The first kappa shape index (κ1) is 28.5. The summed E-state index contributed by atoms with van der Waals surface area (Å²) in [6, 6.07) is 12.7. The number of para-hydroxylation sites is 1. The van der Waals surface area contributed by atoms with Crippen LogP contribution in [0.15, 0.2) is 54.7 Å². The van der Waals surface area contributed by atoms with E-state index in [1.165, 1.54) is 25.5 Å². The number of hydroxylamine groups is 1. The van der Waals surface area contributed by atoms with Gasteiger partial charge in [-0.15, -0.1) is 0 Å². The molecule has 1 amide bonds. The van der Waals surface area contributed by atoms with Crippen molar-refractivity contribution < 1.29 is 32.1 Å². The maximum Gasteiger partial charge on any atom is 0.421 e. The number of ether oxygens (including phenoxy) is 1. The molecule has 2 heterocycles. The van der Waals surface area contributed by atoms with Gasteiger partial charge in [0.1, 0.15) is 18.5 Å². The lowest BCUT2D eigenvalue weighted by Crippen LogP contribution is -2.28. The number of rotatable bonds is 9. The van der Waals surface area contributed by atoms with E-state index < -0.39 is 30.6 Å². The van der Waals surface area contributed by atoms with E-state index in [4.69, 9.17) is 9.57 Å². The highest BCUT2D eigenvalue weighted by Crippen LogP contribution is 2.40. The molecule has 0 aliphatic carbocycles. The van der Waals surface area contributed by atoms with Crippen molar-refractivity contribution in [2.75, 3.05) is 43.8 Å². The summed E-state index contributed by atoms with van der Waals surface area (Å²) in [7, 11) is -2.79. The molecule has 13 heteroatoms. The van der Waals surface area contributed by atoms with Crippen LogP contribution in [0.4, 0.5) is 36.3 Å². The van der Waals surface area contributed by atoms with Crippen LogP contribution >= 0.6 is 7.14 Å². The lowest BCUT2D eigenvalue weighted by atomic mass is 10.0. The minimum absolute atomic E-state index is 0.101. The third-order valence-electron chi connectivity index (χ3n) is 6.06. The summed E-state index contributed by atoms with van der Waals surface area (Å²) < 4.78 is 59.1. The Morgan fingerprint density at radius 1 is 1.08 bits per heavy atom. The SMILES string of the molecule is CP(C)(=O)c1ccccc1Nc1nc(Nc2ccc(C(=O)NOCC3CCOCC3)cc2)ncc1C(F)(F)F. The number of nitrogens with one attached hydrogen (secondary N) is 3. The number of benzene rings is 2. The highest BCUT2D eigenvalue weighted by atomic mass is 31.2. The molecule has 1 saturated heterocycles. The lowest BCUT2D eigenvalue weighted by Gasteiger charge is -2.21. The zero-order chi connectivity index (χ0) is 28.0. The molecule has 3 aromatic rings. The number of carbonyl (C=O) groups is 1. The van der Waals surface area contributed by atoms with Crippen molar-refractivity contribution in [2.24, 2.45) is 5.92 Å². The Labute approximate surface area is 223 Å². The van der Waals surface area contributed by atoms with Crippen molar-refractivity contribution in [1.29, 1.82) is 0 Å². The number of alkyl halides is 3. The number of nitrogens with zero attached hydrogens (tertiary/aromatic N) is 2. The molecule has 0 unspecified atom stereocenters. The van der Waals surface area contributed by atoms with Gasteiger partial charge >= 0.3 is 6.18 Å². The number of hydrogen-bond acceptors (Lipinski definition) is 8. The number of anilines is 4. The van der Waals surface area contributed by atoms with E-state index >= 15 is 0 Å². The van der Waals surface area contributed by atoms with Gasteiger partial charge in [-0.2, -0.15) is 18.2 Å². The van der Waals surface area contributed by atoms with Gasteiger partial charge in [-0.3, -0.25) is 9.63 Å². The predicted octanol–water partition coefficient (Wildman–Crippen LogP) is 5.32. The summed E-state index contributed by atoms with van der Waals surface area (Å²) >= 11 is 0. The van der Waals surface area contributed by atoms with Crippen LogP contribution in [0, 0.1) is 5.92 Å². The molecular formula is C26H29F3N5O4P. The van der Waals surface area contributed by atoms with Crippen molar-refractivity contribution in [2.45, 2.75) is 19.0 Å². The number of hydrogen-bond donors (Lipinski definition) is 3. The molecule has 1 aromatic heterocycles. The van der Waals surface area contributed by atoms with Gasteiger partial charge in [-0.1, -0.05) is 12.1 Å². The van der Waals surface area contributed by atoms with Gasteiger partial charge in [0.2, 0.25) is 5.95 Å². The Hall–Kier alpha value is -3.47. The molecule has 1 aliphatic heterocycles. The standard InChI is InChI=1S/C26H29F3N5O4P/c1-39(2,36)22-6-4-3-5-21(22)32-23-20(26(27,28)29)15-30-25(33-23)31-19-9-7-18(8-10-19)24(35)34-38-16-17-11-13-37-14-12-17/h3-10,15,17H,11-14,16H2,1-2H3,(H,34,35)(H2,30,31,32,33). The normalized spacial score (nSPS) is 14.6. The van der Waals surface area contributed by atoms with Crippen LogP contribution in [0.1, 0.15) is 28.8 Å². The number of halogens is 3. The molecule has 2 aromatic carbocycles. The maximum absolute atomic E-state index is 13.7. The largest absolute Gasteiger partial charge is 0.421 e. The fourth-order valence-electron chi connectivity index (χ4n) is 3.95. The Kier molecular flexibility index (Phi) is 8.89. The van der Waals surface area contributed by atoms with E-state index in [0.717, 1.165) is 12.8 Å². The molecule has 208 valence electrons. The third-order valence-corrected chi connectivity index (χ3v) is 7.61. The maximum atomic E-state index is 13.7. The fourth-order valence-corrected chi connectivity index (χ4v) is 5.11. The van der Waals surface area contributed by atoms with Crippen molar-refractivity contribution in [3.05, 3.63) is 65.9 Å². The predicted molar refractivity (Wildman–Crippen MR) is 143 cm³/mol. The third kappa shape index (κ3) is 7.78. The van der Waals surface area contributed by atoms with Crippen LogP contribution in [0.25, 0.3) is 0 Å². The monoisotopic (exact) mass is 563 g/mol. The molecule has 0 saturated carbocycles. The van der Waals surface area contributed by atoms with Gasteiger partial charge in [0.25, 0.3) is 5.91 Å². The van der Waals surface area contributed by atoms with Gasteiger partial charge in [0, 0.05) is 36.0 Å². The van der Waals surface area contributed by atoms with E-state index in [0.29, 0.717) is 48.5 Å². The summed E-state index contributed by atoms with van der Waals surface area (Å²) in [4.78, 5) is 25.6. The van der Waals surface area contributed by atoms with E-state index in [-0.39, 0.29) is 11.6 Å². The zero-order valence-corrected chi connectivity index (χ0v) is 22.3. The van der Waals surface area contributed by atoms with Crippen LogP contribution in [-0.4, -0.2) is 49.0 Å². The highest BCUT2D eigenvalue weighted by molar-refractivity contribution is 7.70. The second-order valence-electron chi connectivity index (χ2n) is 9.45. The minimum Gasteiger partial charge on any atom is -0.381 e. The molecule has 0 atom stereocenters.